The van der Waals surface area contributed by atoms with Crippen LogP contribution in [0.15, 0.2) is 97.1 Å². The first kappa shape index (κ1) is 27.3. The van der Waals surface area contributed by atoms with E-state index >= 15 is 0 Å². The van der Waals surface area contributed by atoms with E-state index in [1.54, 1.807) is 0 Å². The van der Waals surface area contributed by atoms with Gasteiger partial charge in [-0.3, -0.25) is 14.9 Å². The maximum atomic E-state index is 11.8. The van der Waals surface area contributed by atoms with E-state index in [9.17, 15) is 9.59 Å². The highest BCUT2D eigenvalue weighted by atomic mass is 35.5. The molecular weight excluding hydrogens is 546 g/mol. The molecule has 202 valence electrons. The van der Waals surface area contributed by atoms with Gasteiger partial charge in [0.15, 0.2) is 0 Å². The number of aromatic nitrogens is 2. The summed E-state index contributed by atoms with van der Waals surface area (Å²) < 4.78 is 14.2. The van der Waals surface area contributed by atoms with Crippen LogP contribution in [-0.2, 0) is 24.9 Å². The van der Waals surface area contributed by atoms with E-state index in [4.69, 9.17) is 14.5 Å². The number of hydrogen-bond acceptors (Lipinski definition) is 6. The summed E-state index contributed by atoms with van der Waals surface area (Å²) in [5, 5.41) is 1.65. The molecule has 7 nitrogen and oxygen atoms in total. The van der Waals surface area contributed by atoms with Crippen molar-refractivity contribution < 1.29 is 19.1 Å². The Morgan fingerprint density at radius 2 is 1.57 bits per heavy atom. The van der Waals surface area contributed by atoms with Gasteiger partial charge in [0.05, 0.1) is 16.3 Å². The Labute approximate surface area is 241 Å². The zero-order valence-electron chi connectivity index (χ0n) is 21.6. The standard InChI is InChI=1S/C31H25N3O4S.ClH/c1-34-27-18-25(38-24-9-5-8-22(17-24)21-6-3-2-4-7-21)14-15-26(27)32-29(34)19-37-23-12-10-20(11-13-23)16-28-30(35)33-31(36)39-28;/h2-15,17-18,28H,16,19H2,1H3,(H,33,35,36);1H. The normalized spacial score (nSPS) is 14.6. The van der Waals surface area contributed by atoms with E-state index < -0.39 is 0 Å². The summed E-state index contributed by atoms with van der Waals surface area (Å²) in [7, 11) is 1.96. The van der Waals surface area contributed by atoms with Crippen molar-refractivity contribution >= 4 is 46.3 Å². The molecule has 1 aromatic heterocycles. The van der Waals surface area contributed by atoms with E-state index in [-0.39, 0.29) is 28.8 Å². The second-order valence-electron chi connectivity index (χ2n) is 9.25. The molecule has 2 heterocycles. The third-order valence-corrected chi connectivity index (χ3v) is 7.58. The molecule has 1 atom stereocenters. The molecule has 4 aromatic carbocycles. The maximum absolute atomic E-state index is 11.8. The molecule has 6 rings (SSSR count). The largest absolute Gasteiger partial charge is 0.486 e. The third-order valence-electron chi connectivity index (χ3n) is 6.60. The zero-order valence-corrected chi connectivity index (χ0v) is 23.2. The Bertz CT molecular complexity index is 1670. The number of hydrogen-bond donors (Lipinski definition) is 1. The van der Waals surface area contributed by atoms with Crippen LogP contribution in [0.3, 0.4) is 0 Å². The van der Waals surface area contributed by atoms with E-state index in [1.807, 2.05) is 90.5 Å². The third kappa shape index (κ3) is 5.98. The fraction of sp³-hybridized carbons (Fsp3) is 0.129. The summed E-state index contributed by atoms with van der Waals surface area (Å²) in [6.45, 7) is 0.301. The minimum Gasteiger partial charge on any atom is -0.486 e. The Morgan fingerprint density at radius 1 is 0.850 bits per heavy atom. The van der Waals surface area contributed by atoms with Crippen LogP contribution in [0.4, 0.5) is 4.79 Å². The van der Waals surface area contributed by atoms with Crippen LogP contribution in [0.5, 0.6) is 17.2 Å². The Kier molecular flexibility index (Phi) is 8.09. The summed E-state index contributed by atoms with van der Waals surface area (Å²) in [4.78, 5) is 27.9. The topological polar surface area (TPSA) is 82.5 Å². The number of carbonyl (C=O) groups is 2. The molecule has 2 amide bonds. The van der Waals surface area contributed by atoms with Gasteiger partial charge in [0.25, 0.3) is 5.24 Å². The maximum Gasteiger partial charge on any atom is 0.286 e. The van der Waals surface area contributed by atoms with Crippen LogP contribution >= 0.6 is 24.2 Å². The van der Waals surface area contributed by atoms with Gasteiger partial charge in [0.2, 0.25) is 5.91 Å². The number of nitrogens with one attached hydrogen (secondary N) is 1. The lowest BCUT2D eigenvalue weighted by Crippen LogP contribution is -2.25. The van der Waals surface area contributed by atoms with E-state index in [0.717, 1.165) is 56.8 Å². The number of benzene rings is 4. The predicted octanol–water partition coefficient (Wildman–Crippen LogP) is 6.93. The molecule has 0 spiro atoms. The molecule has 1 aliphatic rings. The highest BCUT2D eigenvalue weighted by molar-refractivity contribution is 8.15. The summed E-state index contributed by atoms with van der Waals surface area (Å²) in [6.07, 6.45) is 0.494. The minimum atomic E-state index is -0.383. The molecule has 0 bridgehead atoms. The van der Waals surface area contributed by atoms with Crippen molar-refractivity contribution in [1.29, 1.82) is 0 Å². The first-order chi connectivity index (χ1) is 19.0. The average molecular weight is 572 g/mol. The number of thioether (sulfide) groups is 1. The van der Waals surface area contributed by atoms with Crippen LogP contribution in [0.25, 0.3) is 22.2 Å². The van der Waals surface area contributed by atoms with Crippen molar-refractivity contribution in [2.75, 3.05) is 0 Å². The first-order valence-electron chi connectivity index (χ1n) is 12.5. The molecule has 1 saturated heterocycles. The quantitative estimate of drug-likeness (QED) is 0.217. The molecule has 1 N–H and O–H groups in total. The second kappa shape index (κ2) is 11.9. The summed E-state index contributed by atoms with van der Waals surface area (Å²) in [5.41, 5.74) is 5.01. The SMILES string of the molecule is Cl.Cn1c(COc2ccc(CC3SC(=O)NC3=O)cc2)nc2ccc(Oc3cccc(-c4ccccc4)c3)cc21. The van der Waals surface area contributed by atoms with Crippen molar-refractivity contribution in [2.45, 2.75) is 18.3 Å². The minimum absolute atomic E-state index is 0. The zero-order chi connectivity index (χ0) is 26.8. The monoisotopic (exact) mass is 571 g/mol. The van der Waals surface area contributed by atoms with Crippen molar-refractivity contribution in [1.82, 2.24) is 14.9 Å². The number of imidazole rings is 1. The number of ether oxygens (including phenoxy) is 2. The average Bonchev–Trinajstić information content (AvgIpc) is 3.45. The van der Waals surface area contributed by atoms with E-state index in [1.165, 1.54) is 0 Å². The van der Waals surface area contributed by atoms with Gasteiger partial charge in [-0.15, -0.1) is 12.4 Å². The van der Waals surface area contributed by atoms with Crippen molar-refractivity contribution in [3.05, 3.63) is 108 Å². The molecule has 40 heavy (non-hydrogen) atoms. The molecule has 1 aliphatic heterocycles. The fourth-order valence-electron chi connectivity index (χ4n) is 4.53. The number of amides is 2. The van der Waals surface area contributed by atoms with Crippen molar-refractivity contribution in [3.8, 4) is 28.4 Å². The van der Waals surface area contributed by atoms with Gasteiger partial charge >= 0.3 is 0 Å². The number of nitrogens with zero attached hydrogens (tertiary/aromatic N) is 2. The summed E-state index contributed by atoms with van der Waals surface area (Å²) >= 11 is 1.03. The van der Waals surface area contributed by atoms with Crippen LogP contribution in [0.1, 0.15) is 11.4 Å². The predicted molar refractivity (Wildman–Crippen MR) is 159 cm³/mol. The number of halogens is 1. The van der Waals surface area contributed by atoms with Crippen LogP contribution < -0.4 is 14.8 Å². The van der Waals surface area contributed by atoms with Gasteiger partial charge in [-0.05, 0) is 59.5 Å². The van der Waals surface area contributed by atoms with Crippen molar-refractivity contribution in [3.63, 3.8) is 0 Å². The molecular formula is C31H26ClN3O4S. The Morgan fingerprint density at radius 3 is 2.33 bits per heavy atom. The lowest BCUT2D eigenvalue weighted by atomic mass is 10.1. The molecule has 0 aliphatic carbocycles. The molecule has 0 radical (unpaired) electrons. The van der Waals surface area contributed by atoms with Crippen LogP contribution in [-0.4, -0.2) is 25.9 Å². The van der Waals surface area contributed by atoms with Gasteiger partial charge in [0, 0.05) is 13.1 Å². The molecule has 1 unspecified atom stereocenters. The van der Waals surface area contributed by atoms with Gasteiger partial charge in [0.1, 0.15) is 29.7 Å². The number of rotatable bonds is 8. The molecule has 0 saturated carbocycles. The highest BCUT2D eigenvalue weighted by Gasteiger charge is 2.31. The Hall–Kier alpha value is -4.27. The smallest absolute Gasteiger partial charge is 0.286 e. The molecule has 1 fully saturated rings. The van der Waals surface area contributed by atoms with Gasteiger partial charge in [-0.1, -0.05) is 66.4 Å². The number of fused-ring (bicyclic) bond motifs is 1. The number of imide groups is 1. The van der Waals surface area contributed by atoms with Crippen molar-refractivity contribution in [2.24, 2.45) is 7.05 Å². The number of aryl methyl sites for hydroxylation is 1. The van der Waals surface area contributed by atoms with Gasteiger partial charge in [-0.2, -0.15) is 0 Å². The highest BCUT2D eigenvalue weighted by Crippen LogP contribution is 2.30. The lowest BCUT2D eigenvalue weighted by Gasteiger charge is -2.09. The summed E-state index contributed by atoms with van der Waals surface area (Å²) in [6, 6.07) is 31.7. The fourth-order valence-corrected chi connectivity index (χ4v) is 5.39. The van der Waals surface area contributed by atoms with Gasteiger partial charge < -0.3 is 14.0 Å². The second-order valence-corrected chi connectivity index (χ2v) is 10.4. The summed E-state index contributed by atoms with van der Waals surface area (Å²) in [5.74, 6) is 2.75. The van der Waals surface area contributed by atoms with Gasteiger partial charge in [-0.25, -0.2) is 4.98 Å². The molecule has 5 aromatic rings. The van der Waals surface area contributed by atoms with E-state index in [0.29, 0.717) is 18.8 Å². The lowest BCUT2D eigenvalue weighted by molar-refractivity contribution is -0.118. The van der Waals surface area contributed by atoms with E-state index in [2.05, 4.69) is 23.5 Å². The molecule has 9 heteroatoms. The first-order valence-corrected chi connectivity index (χ1v) is 13.4. The van der Waals surface area contributed by atoms with Crippen LogP contribution in [0, 0.1) is 0 Å². The Balaban J connectivity index is 0.00000323. The number of carbonyl (C=O) groups excluding carboxylic acids is 2. The van der Waals surface area contributed by atoms with Crippen LogP contribution in [0.2, 0.25) is 0 Å².